The number of nitrogens with two attached hydrogens (primary N) is 1. The Morgan fingerprint density at radius 3 is 2.64 bits per heavy atom. The number of furan rings is 1. The summed E-state index contributed by atoms with van der Waals surface area (Å²) in [4.78, 5) is 36.7. The molecule has 0 aliphatic carbocycles. The predicted octanol–water partition coefficient (Wildman–Crippen LogP) is 3.53. The van der Waals surface area contributed by atoms with Crippen LogP contribution in [0.3, 0.4) is 0 Å². The Bertz CT molecular complexity index is 1210. The van der Waals surface area contributed by atoms with Crippen molar-refractivity contribution in [1.29, 1.82) is 0 Å². The van der Waals surface area contributed by atoms with Crippen molar-refractivity contribution >= 4 is 47.0 Å². The SMILES string of the molecule is CCOC(=O)c1c(C)oc(NC(=O)CSc2nnc(-c3cccc(Cl)c3)n2CC)c1C(N)=O. The molecule has 10 nitrogen and oxygen atoms in total. The number of nitrogens with zero attached hydrogens (tertiary/aromatic N) is 3. The summed E-state index contributed by atoms with van der Waals surface area (Å²) in [6.07, 6.45) is 0. The summed E-state index contributed by atoms with van der Waals surface area (Å²) < 4.78 is 12.2. The van der Waals surface area contributed by atoms with Crippen LogP contribution in [0.15, 0.2) is 33.8 Å². The number of nitrogens with one attached hydrogen (secondary N) is 1. The highest BCUT2D eigenvalue weighted by Gasteiger charge is 2.29. The molecule has 0 fully saturated rings. The number of halogens is 1. The molecule has 3 N–H and O–H groups in total. The first-order valence-electron chi connectivity index (χ1n) is 9.98. The fraction of sp³-hybridized carbons (Fsp3) is 0.286. The fourth-order valence-corrected chi connectivity index (χ4v) is 4.12. The lowest BCUT2D eigenvalue weighted by Gasteiger charge is -2.08. The first-order chi connectivity index (χ1) is 15.8. The van der Waals surface area contributed by atoms with Crippen LogP contribution in [0.5, 0.6) is 0 Å². The fourth-order valence-electron chi connectivity index (χ4n) is 3.13. The van der Waals surface area contributed by atoms with E-state index in [4.69, 9.17) is 26.5 Å². The molecular weight excluding hydrogens is 470 g/mol. The number of carbonyl (C=O) groups is 3. The molecule has 0 spiro atoms. The van der Waals surface area contributed by atoms with Gasteiger partial charge in [-0.05, 0) is 32.9 Å². The van der Waals surface area contributed by atoms with Gasteiger partial charge >= 0.3 is 5.97 Å². The largest absolute Gasteiger partial charge is 0.462 e. The molecule has 1 aromatic carbocycles. The average Bonchev–Trinajstić information content (AvgIpc) is 3.32. The zero-order valence-corrected chi connectivity index (χ0v) is 19.7. The minimum Gasteiger partial charge on any atom is -0.462 e. The van der Waals surface area contributed by atoms with Crippen LogP contribution in [0.1, 0.15) is 40.3 Å². The van der Waals surface area contributed by atoms with Crippen molar-refractivity contribution in [2.75, 3.05) is 17.7 Å². The topological polar surface area (TPSA) is 142 Å². The number of rotatable bonds is 9. The second kappa shape index (κ2) is 10.5. The number of primary amides is 1. The van der Waals surface area contributed by atoms with Crippen LogP contribution in [0.4, 0.5) is 5.88 Å². The molecule has 33 heavy (non-hydrogen) atoms. The Hall–Kier alpha value is -3.31. The van der Waals surface area contributed by atoms with Gasteiger partial charge in [0, 0.05) is 17.1 Å². The van der Waals surface area contributed by atoms with Gasteiger partial charge in [-0.25, -0.2) is 4.79 Å². The number of benzene rings is 1. The van der Waals surface area contributed by atoms with Crippen LogP contribution < -0.4 is 11.1 Å². The summed E-state index contributed by atoms with van der Waals surface area (Å²) in [5.41, 5.74) is 5.88. The maximum absolute atomic E-state index is 12.6. The zero-order valence-electron chi connectivity index (χ0n) is 18.2. The van der Waals surface area contributed by atoms with Crippen LogP contribution in [0.2, 0.25) is 5.02 Å². The Morgan fingerprint density at radius 1 is 1.24 bits per heavy atom. The van der Waals surface area contributed by atoms with Gasteiger partial charge in [-0.2, -0.15) is 0 Å². The molecule has 0 saturated carbocycles. The number of thioether (sulfide) groups is 1. The van der Waals surface area contributed by atoms with Gasteiger partial charge < -0.3 is 19.5 Å². The molecule has 2 heterocycles. The number of hydrogen-bond acceptors (Lipinski definition) is 8. The van der Waals surface area contributed by atoms with Crippen molar-refractivity contribution in [3.63, 3.8) is 0 Å². The van der Waals surface area contributed by atoms with Crippen molar-refractivity contribution < 1.29 is 23.5 Å². The Kier molecular flexibility index (Phi) is 7.77. The Labute approximate surface area is 198 Å². The van der Waals surface area contributed by atoms with Gasteiger partial charge in [-0.3, -0.25) is 14.9 Å². The lowest BCUT2D eigenvalue weighted by Crippen LogP contribution is -2.21. The summed E-state index contributed by atoms with van der Waals surface area (Å²) in [5.74, 6) is -1.68. The van der Waals surface area contributed by atoms with E-state index in [1.54, 1.807) is 19.1 Å². The first kappa shape index (κ1) is 24.3. The van der Waals surface area contributed by atoms with Crippen molar-refractivity contribution in [1.82, 2.24) is 14.8 Å². The van der Waals surface area contributed by atoms with Gasteiger partial charge in [0.15, 0.2) is 11.0 Å². The number of ether oxygens (including phenoxy) is 1. The third-order valence-electron chi connectivity index (χ3n) is 4.51. The summed E-state index contributed by atoms with van der Waals surface area (Å²) in [6.45, 7) is 5.72. The van der Waals surface area contributed by atoms with Crippen molar-refractivity contribution in [2.45, 2.75) is 32.5 Å². The van der Waals surface area contributed by atoms with E-state index in [9.17, 15) is 14.4 Å². The maximum Gasteiger partial charge on any atom is 0.342 e. The van der Waals surface area contributed by atoms with Gasteiger partial charge in [0.1, 0.15) is 16.9 Å². The van der Waals surface area contributed by atoms with E-state index < -0.39 is 17.8 Å². The van der Waals surface area contributed by atoms with Crippen molar-refractivity contribution in [2.24, 2.45) is 5.73 Å². The quantitative estimate of drug-likeness (QED) is 0.342. The highest BCUT2D eigenvalue weighted by Crippen LogP contribution is 2.29. The number of esters is 1. The second-order valence-corrected chi connectivity index (χ2v) is 8.10. The molecule has 0 bridgehead atoms. The first-order valence-corrected chi connectivity index (χ1v) is 11.3. The summed E-state index contributed by atoms with van der Waals surface area (Å²) in [7, 11) is 0. The number of amides is 2. The van der Waals surface area contributed by atoms with E-state index >= 15 is 0 Å². The number of aryl methyl sites for hydroxylation is 1. The van der Waals surface area contributed by atoms with Crippen molar-refractivity contribution in [3.05, 3.63) is 46.2 Å². The van der Waals surface area contributed by atoms with E-state index in [-0.39, 0.29) is 35.1 Å². The van der Waals surface area contributed by atoms with Crippen LogP contribution in [0.25, 0.3) is 11.4 Å². The maximum atomic E-state index is 12.6. The van der Waals surface area contributed by atoms with Gasteiger partial charge in [0.05, 0.1) is 12.4 Å². The van der Waals surface area contributed by atoms with Crippen LogP contribution in [-0.4, -0.2) is 44.9 Å². The van der Waals surface area contributed by atoms with Crippen molar-refractivity contribution in [3.8, 4) is 11.4 Å². The smallest absolute Gasteiger partial charge is 0.342 e. The van der Waals surface area contributed by atoms with E-state index in [1.165, 1.54) is 6.92 Å². The molecule has 2 amide bonds. The lowest BCUT2D eigenvalue weighted by molar-refractivity contribution is -0.113. The normalized spacial score (nSPS) is 10.8. The monoisotopic (exact) mass is 491 g/mol. The van der Waals surface area contributed by atoms with Gasteiger partial charge in [0.2, 0.25) is 11.8 Å². The number of aromatic nitrogens is 3. The molecule has 0 saturated heterocycles. The van der Waals surface area contributed by atoms with Gasteiger partial charge in [-0.15, -0.1) is 10.2 Å². The molecule has 174 valence electrons. The summed E-state index contributed by atoms with van der Waals surface area (Å²) >= 11 is 7.23. The third-order valence-corrected chi connectivity index (χ3v) is 5.71. The molecular formula is C21H22ClN5O5S. The highest BCUT2D eigenvalue weighted by molar-refractivity contribution is 7.99. The minimum atomic E-state index is -0.922. The molecule has 3 aromatic rings. The molecule has 0 radical (unpaired) electrons. The van der Waals surface area contributed by atoms with Crippen LogP contribution in [-0.2, 0) is 16.1 Å². The highest BCUT2D eigenvalue weighted by atomic mass is 35.5. The molecule has 0 aliphatic heterocycles. The van der Waals surface area contributed by atoms with Crippen LogP contribution >= 0.6 is 23.4 Å². The summed E-state index contributed by atoms with van der Waals surface area (Å²) in [5, 5.41) is 12.0. The van der Waals surface area contributed by atoms with E-state index in [0.717, 1.165) is 17.3 Å². The minimum absolute atomic E-state index is 0.0552. The average molecular weight is 492 g/mol. The number of anilines is 1. The molecule has 3 rings (SSSR count). The van der Waals surface area contributed by atoms with Crippen LogP contribution in [0, 0.1) is 6.92 Å². The van der Waals surface area contributed by atoms with Gasteiger partial charge in [-0.1, -0.05) is 35.5 Å². The molecule has 0 atom stereocenters. The van der Waals surface area contributed by atoms with E-state index in [1.807, 2.05) is 23.6 Å². The Morgan fingerprint density at radius 2 is 2.00 bits per heavy atom. The third kappa shape index (κ3) is 5.37. The van der Waals surface area contributed by atoms with Gasteiger partial charge in [0.25, 0.3) is 5.91 Å². The molecule has 0 unspecified atom stereocenters. The molecule has 12 heteroatoms. The van der Waals surface area contributed by atoms with E-state index in [0.29, 0.717) is 22.5 Å². The number of hydrogen-bond donors (Lipinski definition) is 2. The zero-order chi connectivity index (χ0) is 24.1. The standard InChI is InChI=1S/C21H22ClN5O5S/c1-4-27-18(12-7-6-8-13(22)9-12)25-26-21(27)33-10-14(28)24-19-16(17(23)29)15(11(3)32-19)20(30)31-5-2/h6-9H,4-5,10H2,1-3H3,(H2,23,29)(H,24,28). The summed E-state index contributed by atoms with van der Waals surface area (Å²) in [6, 6.07) is 7.24. The molecule has 2 aromatic heterocycles. The Balaban J connectivity index is 1.76. The lowest BCUT2D eigenvalue weighted by atomic mass is 10.1. The number of carbonyl (C=O) groups excluding carboxylic acids is 3. The second-order valence-electron chi connectivity index (χ2n) is 6.72. The molecule has 0 aliphatic rings. The van der Waals surface area contributed by atoms with E-state index in [2.05, 4.69) is 15.5 Å². The predicted molar refractivity (Wildman–Crippen MR) is 123 cm³/mol.